The van der Waals surface area contributed by atoms with Gasteiger partial charge in [-0.1, -0.05) is 0 Å². The first-order valence-electron chi connectivity index (χ1n) is 5.00. The average molecular weight is 258 g/mol. The topological polar surface area (TPSA) is 92.5 Å². The van der Waals surface area contributed by atoms with E-state index in [0.717, 1.165) is 0 Å². The summed E-state index contributed by atoms with van der Waals surface area (Å²) in [5, 5.41) is 22.7. The van der Waals surface area contributed by atoms with Gasteiger partial charge in [-0.15, -0.1) is 0 Å². The maximum atomic E-state index is 11.8. The molecule has 0 saturated carbocycles. The number of nitrogens with one attached hydrogen (secondary N) is 1. The summed E-state index contributed by atoms with van der Waals surface area (Å²) in [4.78, 5) is 10.4. The molecule has 1 rings (SSSR count). The lowest BCUT2D eigenvalue weighted by molar-refractivity contribution is -0.384. The van der Waals surface area contributed by atoms with Crippen molar-refractivity contribution in [2.75, 3.05) is 19.3 Å². The van der Waals surface area contributed by atoms with Crippen LogP contribution in [0.25, 0.3) is 0 Å². The smallest absolute Gasteiger partial charge is 0.269 e. The third-order valence-corrected chi connectivity index (χ3v) is 3.58. The molecule has 0 fully saturated rings. The number of non-ortho nitro benzene ring substituents is 1. The van der Waals surface area contributed by atoms with Crippen molar-refractivity contribution >= 4 is 16.5 Å². The van der Waals surface area contributed by atoms with Crippen molar-refractivity contribution in [3.63, 3.8) is 0 Å². The quantitative estimate of drug-likeness (QED) is 0.565. The van der Waals surface area contributed by atoms with Gasteiger partial charge in [0.15, 0.2) is 0 Å². The monoisotopic (exact) mass is 258 g/mol. The Hall–Kier alpha value is -1.31. The molecule has 0 aliphatic rings. The largest absolute Gasteiger partial charge is 0.391 e. The highest BCUT2D eigenvalue weighted by atomic mass is 32.2. The number of nitrogens with zero attached hydrogens (tertiary/aromatic N) is 1. The highest BCUT2D eigenvalue weighted by Crippen LogP contribution is 2.15. The number of nitro groups is 1. The van der Waals surface area contributed by atoms with E-state index in [1.807, 2.05) is 0 Å². The van der Waals surface area contributed by atoms with Crippen LogP contribution in [0.5, 0.6) is 0 Å². The first-order chi connectivity index (χ1) is 8.04. The third-order valence-electron chi connectivity index (χ3n) is 2.09. The summed E-state index contributed by atoms with van der Waals surface area (Å²) in [7, 11) is 0.343. The third kappa shape index (κ3) is 4.22. The van der Waals surface area contributed by atoms with Gasteiger partial charge in [0.2, 0.25) is 0 Å². The van der Waals surface area contributed by atoms with Crippen LogP contribution in [0.3, 0.4) is 0 Å². The number of hydrogen-bond acceptors (Lipinski definition) is 5. The minimum absolute atomic E-state index is 0.0403. The van der Waals surface area contributed by atoms with Crippen molar-refractivity contribution < 1.29 is 14.2 Å². The minimum Gasteiger partial charge on any atom is -0.391 e. The minimum atomic E-state index is -1.35. The molecule has 0 aromatic heterocycles. The summed E-state index contributed by atoms with van der Waals surface area (Å²) >= 11 is 0. The first kappa shape index (κ1) is 13.8. The van der Waals surface area contributed by atoms with Gasteiger partial charge < -0.3 is 10.4 Å². The van der Waals surface area contributed by atoms with Crippen LogP contribution in [0.4, 0.5) is 5.69 Å². The zero-order valence-electron chi connectivity index (χ0n) is 9.33. The molecule has 0 spiro atoms. The van der Waals surface area contributed by atoms with Crippen LogP contribution in [0.1, 0.15) is 0 Å². The van der Waals surface area contributed by atoms with E-state index in [9.17, 15) is 19.4 Å². The van der Waals surface area contributed by atoms with Crippen molar-refractivity contribution in [3.05, 3.63) is 34.4 Å². The predicted octanol–water partition coefficient (Wildman–Crippen LogP) is 0.283. The molecule has 0 saturated heterocycles. The molecule has 94 valence electrons. The average Bonchev–Trinajstić information content (AvgIpc) is 2.29. The van der Waals surface area contributed by atoms with E-state index < -0.39 is 21.8 Å². The SMILES string of the molecule is CNCC(O)CS(=O)c1ccc([N+](=O)[O-])cc1. The molecule has 0 bridgehead atoms. The van der Waals surface area contributed by atoms with Crippen LogP contribution in [0, 0.1) is 10.1 Å². The summed E-state index contributed by atoms with van der Waals surface area (Å²) in [6, 6.07) is 5.50. The zero-order valence-corrected chi connectivity index (χ0v) is 10.1. The van der Waals surface area contributed by atoms with Crippen molar-refractivity contribution in [1.82, 2.24) is 5.32 Å². The number of nitro benzene ring substituents is 1. The Bertz CT molecular complexity index is 407. The van der Waals surface area contributed by atoms with Gasteiger partial charge in [0.25, 0.3) is 5.69 Å². The Morgan fingerprint density at radius 2 is 2.06 bits per heavy atom. The second kappa shape index (κ2) is 6.43. The molecule has 0 aliphatic carbocycles. The van der Waals surface area contributed by atoms with Crippen LogP contribution < -0.4 is 5.32 Å². The van der Waals surface area contributed by atoms with Crippen LogP contribution >= 0.6 is 0 Å². The molecule has 1 aromatic carbocycles. The Kier molecular flexibility index (Phi) is 5.20. The summed E-state index contributed by atoms with van der Waals surface area (Å²) in [6.07, 6.45) is -0.698. The molecule has 2 unspecified atom stereocenters. The van der Waals surface area contributed by atoms with E-state index in [2.05, 4.69) is 5.32 Å². The van der Waals surface area contributed by atoms with Crippen molar-refractivity contribution in [2.24, 2.45) is 0 Å². The fraction of sp³-hybridized carbons (Fsp3) is 0.400. The van der Waals surface area contributed by atoms with Crippen LogP contribution in [0.2, 0.25) is 0 Å². The van der Waals surface area contributed by atoms with E-state index in [1.54, 1.807) is 7.05 Å². The van der Waals surface area contributed by atoms with Crippen molar-refractivity contribution in [2.45, 2.75) is 11.0 Å². The Labute approximate surface area is 101 Å². The maximum Gasteiger partial charge on any atom is 0.269 e. The molecule has 2 N–H and O–H groups in total. The van der Waals surface area contributed by atoms with Gasteiger partial charge in [-0.2, -0.15) is 0 Å². The van der Waals surface area contributed by atoms with Gasteiger partial charge in [-0.25, -0.2) is 0 Å². The molecule has 0 aliphatic heterocycles. The van der Waals surface area contributed by atoms with E-state index in [4.69, 9.17) is 0 Å². The summed E-state index contributed by atoms with van der Waals surface area (Å²) in [6.45, 7) is 0.360. The summed E-state index contributed by atoms with van der Waals surface area (Å²) in [5.41, 5.74) is -0.0403. The molecule has 17 heavy (non-hydrogen) atoms. The molecule has 6 nitrogen and oxygen atoms in total. The van der Waals surface area contributed by atoms with Crippen LogP contribution in [0.15, 0.2) is 29.2 Å². The lowest BCUT2D eigenvalue weighted by Gasteiger charge is -2.09. The lowest BCUT2D eigenvalue weighted by Crippen LogP contribution is -2.28. The molecule has 2 atom stereocenters. The number of hydrogen-bond donors (Lipinski definition) is 2. The molecule has 1 aromatic rings. The van der Waals surface area contributed by atoms with Crippen molar-refractivity contribution in [3.8, 4) is 0 Å². The second-order valence-corrected chi connectivity index (χ2v) is 4.97. The summed E-state index contributed by atoms with van der Waals surface area (Å²) < 4.78 is 11.8. The van der Waals surface area contributed by atoms with Crippen molar-refractivity contribution in [1.29, 1.82) is 0 Å². The number of aliphatic hydroxyl groups excluding tert-OH is 1. The molecular formula is C10H14N2O4S. The normalized spacial score (nSPS) is 14.2. The maximum absolute atomic E-state index is 11.8. The standard InChI is InChI=1S/C10H14N2O4S/c1-11-6-9(13)7-17(16)10-4-2-8(3-5-10)12(14)15/h2-5,9,11,13H,6-7H2,1H3. The predicted molar refractivity (Wildman–Crippen MR) is 64.3 cm³/mol. The van der Waals surface area contributed by atoms with E-state index in [1.165, 1.54) is 24.3 Å². The molecule has 7 heteroatoms. The van der Waals surface area contributed by atoms with Gasteiger partial charge >= 0.3 is 0 Å². The lowest BCUT2D eigenvalue weighted by atomic mass is 10.3. The fourth-order valence-corrected chi connectivity index (χ4v) is 2.38. The van der Waals surface area contributed by atoms with E-state index in [-0.39, 0.29) is 11.4 Å². The van der Waals surface area contributed by atoms with Crippen LogP contribution in [-0.4, -0.2) is 39.7 Å². The number of benzene rings is 1. The van der Waals surface area contributed by atoms with E-state index in [0.29, 0.717) is 11.4 Å². The molecular weight excluding hydrogens is 244 g/mol. The first-order valence-corrected chi connectivity index (χ1v) is 6.32. The van der Waals surface area contributed by atoms with Gasteiger partial charge in [-0.3, -0.25) is 14.3 Å². The van der Waals surface area contributed by atoms with E-state index >= 15 is 0 Å². The van der Waals surface area contributed by atoms with Gasteiger partial charge in [0.05, 0.1) is 27.6 Å². The molecule has 0 radical (unpaired) electrons. The number of rotatable bonds is 6. The van der Waals surface area contributed by atoms with Gasteiger partial charge in [0.1, 0.15) is 0 Å². The van der Waals surface area contributed by atoms with Gasteiger partial charge in [-0.05, 0) is 19.2 Å². The van der Waals surface area contributed by atoms with Crippen LogP contribution in [-0.2, 0) is 10.8 Å². The highest BCUT2D eigenvalue weighted by molar-refractivity contribution is 7.85. The fourth-order valence-electron chi connectivity index (χ4n) is 1.29. The number of aliphatic hydroxyl groups is 1. The van der Waals surface area contributed by atoms with Gasteiger partial charge in [0, 0.05) is 23.6 Å². The Morgan fingerprint density at radius 3 is 2.53 bits per heavy atom. The Balaban J connectivity index is 2.66. The molecule has 0 heterocycles. The Morgan fingerprint density at radius 1 is 1.47 bits per heavy atom. The molecule has 0 amide bonds. The number of likely N-dealkylation sites (N-methyl/N-ethyl adjacent to an activating group) is 1. The highest BCUT2D eigenvalue weighted by Gasteiger charge is 2.12. The summed E-state index contributed by atoms with van der Waals surface area (Å²) in [5.74, 6) is 0.110. The zero-order chi connectivity index (χ0) is 12.8. The second-order valence-electron chi connectivity index (χ2n) is 3.47.